The third kappa shape index (κ3) is 5.82. The van der Waals surface area contributed by atoms with E-state index in [1.807, 2.05) is 38.1 Å². The molecule has 0 amide bonds. The molecule has 1 aliphatic heterocycles. The van der Waals surface area contributed by atoms with Crippen LogP contribution in [-0.2, 0) is 26.0 Å². The second-order valence-corrected chi connectivity index (χ2v) is 8.88. The first kappa shape index (κ1) is 21.8. The van der Waals surface area contributed by atoms with Crippen LogP contribution in [0.1, 0.15) is 30.9 Å². The molecule has 1 fully saturated rings. The average molecular weight is 430 g/mol. The minimum atomic E-state index is -3.76. The first-order chi connectivity index (χ1) is 14.4. The monoisotopic (exact) mass is 429 g/mol. The zero-order chi connectivity index (χ0) is 21.6. The Morgan fingerprint density at radius 1 is 1.07 bits per heavy atom. The highest BCUT2D eigenvalue weighted by atomic mass is 32.2. The van der Waals surface area contributed by atoms with E-state index in [-0.39, 0.29) is 4.90 Å². The number of carbonyl (C=O) groups is 1. The lowest BCUT2D eigenvalue weighted by Gasteiger charge is -2.28. The number of hydrogen-bond donors (Lipinski definition) is 1. The number of rotatable bonds is 7. The Morgan fingerprint density at radius 2 is 1.70 bits per heavy atom. The predicted octanol–water partition coefficient (Wildman–Crippen LogP) is 3.04. The van der Waals surface area contributed by atoms with Gasteiger partial charge in [-0.1, -0.05) is 29.8 Å². The minimum absolute atomic E-state index is 0.150. The maximum absolute atomic E-state index is 12.4. The van der Waals surface area contributed by atoms with Gasteiger partial charge in [0.05, 0.1) is 17.9 Å². The summed E-state index contributed by atoms with van der Waals surface area (Å²) in [6.45, 7) is 5.58. The Balaban J connectivity index is 1.67. The molecule has 0 spiro atoms. The number of anilines is 1. The molecule has 2 aromatic rings. The van der Waals surface area contributed by atoms with E-state index in [0.29, 0.717) is 37.6 Å². The standard InChI is InChI=1S/C22H27N3O4S/c1-3-29-22(23-24-30(27,28)21-10-4-17(2)5-11-21)16-18-6-8-19(9-7-18)25-14-12-20(26)13-15-25/h4-11,24H,3,12-16H2,1-2H3. The van der Waals surface area contributed by atoms with Gasteiger partial charge in [-0.3, -0.25) is 4.79 Å². The van der Waals surface area contributed by atoms with E-state index in [1.165, 1.54) is 0 Å². The maximum Gasteiger partial charge on any atom is 0.276 e. The van der Waals surface area contributed by atoms with E-state index in [4.69, 9.17) is 4.74 Å². The summed E-state index contributed by atoms with van der Waals surface area (Å²) in [6, 6.07) is 14.5. The topological polar surface area (TPSA) is 88.1 Å². The Morgan fingerprint density at radius 3 is 2.30 bits per heavy atom. The molecule has 1 heterocycles. The molecule has 0 unspecified atom stereocenters. The number of hydrazone groups is 1. The minimum Gasteiger partial charge on any atom is -0.480 e. The Kier molecular flexibility index (Phi) is 7.10. The molecule has 8 heteroatoms. The molecule has 1 aliphatic rings. The zero-order valence-electron chi connectivity index (χ0n) is 17.3. The number of carbonyl (C=O) groups excluding carboxylic acids is 1. The van der Waals surface area contributed by atoms with E-state index < -0.39 is 10.0 Å². The number of piperidine rings is 1. The third-order valence-corrected chi connectivity index (χ3v) is 6.14. The van der Waals surface area contributed by atoms with Gasteiger partial charge in [-0.2, -0.15) is 13.2 Å². The van der Waals surface area contributed by atoms with Gasteiger partial charge < -0.3 is 9.64 Å². The average Bonchev–Trinajstić information content (AvgIpc) is 2.74. The van der Waals surface area contributed by atoms with Crippen LogP contribution in [-0.4, -0.2) is 39.8 Å². The lowest BCUT2D eigenvalue weighted by molar-refractivity contribution is -0.119. The van der Waals surface area contributed by atoms with Crippen LogP contribution in [0.4, 0.5) is 5.69 Å². The van der Waals surface area contributed by atoms with Gasteiger partial charge in [-0.25, -0.2) is 0 Å². The number of nitrogens with one attached hydrogen (secondary N) is 1. The van der Waals surface area contributed by atoms with Gasteiger partial charge in [0, 0.05) is 31.6 Å². The molecule has 160 valence electrons. The van der Waals surface area contributed by atoms with Crippen LogP contribution in [0, 0.1) is 6.92 Å². The van der Waals surface area contributed by atoms with Crippen molar-refractivity contribution in [1.82, 2.24) is 4.83 Å². The fraction of sp³-hybridized carbons (Fsp3) is 0.364. The molecule has 0 aliphatic carbocycles. The molecule has 1 saturated heterocycles. The van der Waals surface area contributed by atoms with Crippen LogP contribution in [0.25, 0.3) is 0 Å². The van der Waals surface area contributed by atoms with Gasteiger partial charge in [0.1, 0.15) is 5.78 Å². The van der Waals surface area contributed by atoms with Crippen molar-refractivity contribution in [3.05, 3.63) is 59.7 Å². The Labute approximate surface area is 177 Å². The molecule has 0 bridgehead atoms. The molecular weight excluding hydrogens is 402 g/mol. The smallest absolute Gasteiger partial charge is 0.276 e. The van der Waals surface area contributed by atoms with E-state index in [0.717, 1.165) is 29.9 Å². The number of benzene rings is 2. The number of sulfonamides is 1. The number of aryl methyl sites for hydroxylation is 1. The van der Waals surface area contributed by atoms with E-state index in [2.05, 4.69) is 14.8 Å². The maximum atomic E-state index is 12.4. The molecule has 0 atom stereocenters. The lowest BCUT2D eigenvalue weighted by atomic mass is 10.1. The molecule has 3 rings (SSSR count). The second kappa shape index (κ2) is 9.75. The van der Waals surface area contributed by atoms with E-state index in [1.54, 1.807) is 24.3 Å². The van der Waals surface area contributed by atoms with Crippen LogP contribution >= 0.6 is 0 Å². The summed E-state index contributed by atoms with van der Waals surface area (Å²) in [6.07, 6.45) is 1.54. The predicted molar refractivity (Wildman–Crippen MR) is 117 cm³/mol. The van der Waals surface area contributed by atoms with Crippen molar-refractivity contribution < 1.29 is 17.9 Å². The number of ketones is 1. The largest absolute Gasteiger partial charge is 0.480 e. The van der Waals surface area contributed by atoms with Crippen molar-refractivity contribution in [1.29, 1.82) is 0 Å². The molecule has 0 radical (unpaired) electrons. The zero-order valence-corrected chi connectivity index (χ0v) is 18.1. The first-order valence-electron chi connectivity index (χ1n) is 10.0. The summed E-state index contributed by atoms with van der Waals surface area (Å²) < 4.78 is 30.4. The number of ether oxygens (including phenoxy) is 1. The normalized spacial score (nSPS) is 15.2. The third-order valence-electron chi connectivity index (χ3n) is 4.91. The first-order valence-corrected chi connectivity index (χ1v) is 11.5. The molecule has 2 aromatic carbocycles. The van der Waals surface area contributed by atoms with Crippen molar-refractivity contribution in [2.24, 2.45) is 5.10 Å². The molecule has 0 saturated carbocycles. The SMILES string of the molecule is CCOC(Cc1ccc(N2CCC(=O)CC2)cc1)=NNS(=O)(=O)c1ccc(C)cc1. The van der Waals surface area contributed by atoms with Gasteiger partial charge >= 0.3 is 0 Å². The van der Waals surface area contributed by atoms with Gasteiger partial charge in [0.2, 0.25) is 5.90 Å². The molecule has 0 aromatic heterocycles. The molecule has 1 N–H and O–H groups in total. The molecule has 30 heavy (non-hydrogen) atoms. The van der Waals surface area contributed by atoms with Gasteiger partial charge in [-0.15, -0.1) is 5.10 Å². The fourth-order valence-electron chi connectivity index (χ4n) is 3.18. The highest BCUT2D eigenvalue weighted by Crippen LogP contribution is 2.19. The number of nitrogens with zero attached hydrogens (tertiary/aromatic N) is 2. The summed E-state index contributed by atoms with van der Waals surface area (Å²) >= 11 is 0. The number of Topliss-reactive ketones (excluding diaryl/α,β-unsaturated/α-hetero) is 1. The van der Waals surface area contributed by atoms with Gasteiger partial charge in [0.15, 0.2) is 0 Å². The summed E-state index contributed by atoms with van der Waals surface area (Å²) in [7, 11) is -3.76. The van der Waals surface area contributed by atoms with E-state index in [9.17, 15) is 13.2 Å². The van der Waals surface area contributed by atoms with E-state index >= 15 is 0 Å². The van der Waals surface area contributed by atoms with Crippen LogP contribution in [0.5, 0.6) is 0 Å². The quantitative estimate of drug-likeness (QED) is 0.415. The summed E-state index contributed by atoms with van der Waals surface area (Å²) in [5.41, 5.74) is 3.00. The highest BCUT2D eigenvalue weighted by Gasteiger charge is 2.17. The molecular formula is C22H27N3O4S. The van der Waals surface area contributed by atoms with Crippen LogP contribution < -0.4 is 9.73 Å². The fourth-order valence-corrected chi connectivity index (χ4v) is 4.01. The van der Waals surface area contributed by atoms with Crippen LogP contribution in [0.2, 0.25) is 0 Å². The second-order valence-electron chi connectivity index (χ2n) is 7.22. The van der Waals surface area contributed by atoms with Crippen LogP contribution in [0.15, 0.2) is 58.5 Å². The van der Waals surface area contributed by atoms with Gasteiger partial charge in [-0.05, 0) is 43.7 Å². The Bertz CT molecular complexity index is 990. The molecule has 7 nitrogen and oxygen atoms in total. The highest BCUT2D eigenvalue weighted by molar-refractivity contribution is 7.89. The van der Waals surface area contributed by atoms with Gasteiger partial charge in [0.25, 0.3) is 10.0 Å². The summed E-state index contributed by atoms with van der Waals surface area (Å²) in [5.74, 6) is 0.609. The lowest BCUT2D eigenvalue weighted by Crippen LogP contribution is -2.33. The Hall–Kier alpha value is -2.87. The van der Waals surface area contributed by atoms with Crippen LogP contribution in [0.3, 0.4) is 0 Å². The van der Waals surface area contributed by atoms with Crippen molar-refractivity contribution in [2.45, 2.75) is 38.0 Å². The van der Waals surface area contributed by atoms with Crippen molar-refractivity contribution in [3.8, 4) is 0 Å². The summed E-state index contributed by atoms with van der Waals surface area (Å²) in [5, 5.41) is 4.01. The van der Waals surface area contributed by atoms with Crippen molar-refractivity contribution in [2.75, 3.05) is 24.6 Å². The van der Waals surface area contributed by atoms with Crippen molar-refractivity contribution in [3.63, 3.8) is 0 Å². The van der Waals surface area contributed by atoms with Crippen molar-refractivity contribution >= 4 is 27.4 Å². The number of hydrogen-bond acceptors (Lipinski definition) is 6. The summed E-state index contributed by atoms with van der Waals surface area (Å²) in [4.78, 5) is 16.0.